The maximum Gasteiger partial charge on any atom is 0.153 e. The summed E-state index contributed by atoms with van der Waals surface area (Å²) in [7, 11) is 0. The van der Waals surface area contributed by atoms with Gasteiger partial charge in [-0.25, -0.2) is 0 Å². The Morgan fingerprint density at radius 2 is 2.40 bits per heavy atom. The van der Waals surface area contributed by atoms with Crippen molar-refractivity contribution in [2.24, 2.45) is 10.9 Å². The third-order valence-electron chi connectivity index (χ3n) is 2.76. The second-order valence-corrected chi connectivity index (χ2v) is 3.87. The molecule has 1 atom stereocenters. The summed E-state index contributed by atoms with van der Waals surface area (Å²) in [6, 6.07) is 0.416. The second kappa shape index (κ2) is 6.63. The molecule has 1 aliphatic heterocycles. The number of rotatable bonds is 5. The van der Waals surface area contributed by atoms with E-state index >= 15 is 0 Å². The van der Waals surface area contributed by atoms with Crippen LogP contribution in [0.25, 0.3) is 0 Å². The van der Waals surface area contributed by atoms with Crippen molar-refractivity contribution < 1.29 is 9.94 Å². The Labute approximate surface area is 90.9 Å². The lowest BCUT2D eigenvalue weighted by atomic mass is 10.0. The molecule has 0 aliphatic carbocycles. The zero-order valence-corrected chi connectivity index (χ0v) is 9.35. The van der Waals surface area contributed by atoms with E-state index in [1.165, 1.54) is 12.8 Å². The Hall–Kier alpha value is -0.810. The summed E-state index contributed by atoms with van der Waals surface area (Å²) in [4.78, 5) is 2.23. The number of piperidine rings is 1. The molecule has 0 radical (unpaired) electrons. The molecule has 1 aliphatic rings. The number of likely N-dealkylation sites (tertiary alicyclic amines) is 1. The Kier molecular flexibility index (Phi) is 5.42. The van der Waals surface area contributed by atoms with Crippen molar-refractivity contribution in [1.82, 2.24) is 4.90 Å². The van der Waals surface area contributed by atoms with Crippen molar-refractivity contribution in [2.75, 3.05) is 26.3 Å². The average Bonchev–Trinajstić information content (AvgIpc) is 2.28. The van der Waals surface area contributed by atoms with E-state index in [9.17, 15) is 0 Å². The van der Waals surface area contributed by atoms with E-state index in [-0.39, 0.29) is 5.84 Å². The first-order valence-electron chi connectivity index (χ1n) is 5.56. The fraction of sp³-hybridized carbons (Fsp3) is 0.900. The molecule has 15 heavy (non-hydrogen) atoms. The topological polar surface area (TPSA) is 71.1 Å². The van der Waals surface area contributed by atoms with Gasteiger partial charge in [-0.1, -0.05) is 11.6 Å². The van der Waals surface area contributed by atoms with Crippen LogP contribution in [0.4, 0.5) is 0 Å². The van der Waals surface area contributed by atoms with E-state index in [0.29, 0.717) is 12.6 Å². The Morgan fingerprint density at radius 3 is 3.07 bits per heavy atom. The van der Waals surface area contributed by atoms with E-state index < -0.39 is 0 Å². The van der Waals surface area contributed by atoms with Gasteiger partial charge >= 0.3 is 0 Å². The van der Waals surface area contributed by atoms with Crippen LogP contribution in [0.2, 0.25) is 0 Å². The maximum atomic E-state index is 8.53. The van der Waals surface area contributed by atoms with Crippen molar-refractivity contribution in [3.8, 4) is 0 Å². The fourth-order valence-corrected chi connectivity index (χ4v) is 1.95. The van der Waals surface area contributed by atoms with Gasteiger partial charge in [-0.05, 0) is 26.3 Å². The number of ether oxygens (including phenoxy) is 1. The molecular formula is C10H21N3O2. The van der Waals surface area contributed by atoms with E-state index in [1.807, 2.05) is 6.92 Å². The van der Waals surface area contributed by atoms with Crippen molar-refractivity contribution in [1.29, 1.82) is 0 Å². The highest BCUT2D eigenvalue weighted by atomic mass is 16.5. The third kappa shape index (κ3) is 4.05. The van der Waals surface area contributed by atoms with Crippen LogP contribution in [-0.4, -0.2) is 48.3 Å². The predicted molar refractivity (Wildman–Crippen MR) is 59.1 cm³/mol. The molecule has 88 valence electrons. The predicted octanol–water partition coefficient (Wildman–Crippen LogP) is 0.624. The van der Waals surface area contributed by atoms with Crippen LogP contribution in [0, 0.1) is 0 Å². The lowest BCUT2D eigenvalue weighted by Gasteiger charge is -2.34. The highest BCUT2D eigenvalue weighted by Crippen LogP contribution is 2.16. The first-order chi connectivity index (χ1) is 7.27. The summed E-state index contributed by atoms with van der Waals surface area (Å²) in [6.45, 7) is 5.03. The van der Waals surface area contributed by atoms with Gasteiger partial charge in [0.1, 0.15) is 0 Å². The smallest absolute Gasteiger partial charge is 0.153 e. The van der Waals surface area contributed by atoms with Gasteiger partial charge in [0, 0.05) is 12.6 Å². The van der Waals surface area contributed by atoms with E-state index in [4.69, 9.17) is 15.7 Å². The summed E-state index contributed by atoms with van der Waals surface area (Å²) >= 11 is 0. The van der Waals surface area contributed by atoms with Gasteiger partial charge in [0.25, 0.3) is 0 Å². The van der Waals surface area contributed by atoms with E-state index in [0.717, 1.165) is 26.2 Å². The molecule has 1 saturated heterocycles. The van der Waals surface area contributed by atoms with Crippen LogP contribution in [0.1, 0.15) is 26.2 Å². The van der Waals surface area contributed by atoms with Gasteiger partial charge in [0.2, 0.25) is 0 Å². The molecule has 0 aromatic carbocycles. The minimum Gasteiger partial charge on any atom is -0.409 e. The minimum absolute atomic E-state index is 0.276. The van der Waals surface area contributed by atoms with Gasteiger partial charge in [-0.2, -0.15) is 0 Å². The molecule has 0 spiro atoms. The van der Waals surface area contributed by atoms with Crippen LogP contribution in [0.3, 0.4) is 0 Å². The molecule has 1 fully saturated rings. The number of oxime groups is 1. The molecule has 3 N–H and O–H groups in total. The second-order valence-electron chi connectivity index (χ2n) is 3.87. The van der Waals surface area contributed by atoms with E-state index in [2.05, 4.69) is 10.1 Å². The normalized spacial score (nSPS) is 24.3. The molecule has 5 heteroatoms. The average molecular weight is 215 g/mol. The summed E-state index contributed by atoms with van der Waals surface area (Å²) in [5.41, 5.74) is 5.51. The van der Waals surface area contributed by atoms with Gasteiger partial charge in [-0.3, -0.25) is 4.90 Å². The first-order valence-corrected chi connectivity index (χ1v) is 5.56. The van der Waals surface area contributed by atoms with Crippen LogP contribution < -0.4 is 5.73 Å². The molecule has 0 bridgehead atoms. The molecule has 0 amide bonds. The Balaban J connectivity index is 2.42. The van der Waals surface area contributed by atoms with Gasteiger partial charge < -0.3 is 15.7 Å². The minimum atomic E-state index is 0.276. The van der Waals surface area contributed by atoms with Crippen molar-refractivity contribution in [3.05, 3.63) is 0 Å². The van der Waals surface area contributed by atoms with Gasteiger partial charge in [-0.15, -0.1) is 0 Å². The van der Waals surface area contributed by atoms with Crippen LogP contribution in [0.15, 0.2) is 5.16 Å². The Bertz CT molecular complexity index is 209. The van der Waals surface area contributed by atoms with Gasteiger partial charge in [0.15, 0.2) is 5.84 Å². The molecular weight excluding hydrogens is 194 g/mol. The highest BCUT2D eigenvalue weighted by molar-refractivity contribution is 5.81. The lowest BCUT2D eigenvalue weighted by molar-refractivity contribution is 0.0534. The fourth-order valence-electron chi connectivity index (χ4n) is 1.95. The molecule has 1 heterocycles. The van der Waals surface area contributed by atoms with E-state index in [1.54, 1.807) is 0 Å². The molecule has 0 aromatic rings. The highest BCUT2D eigenvalue weighted by Gasteiger charge is 2.22. The monoisotopic (exact) mass is 215 g/mol. The van der Waals surface area contributed by atoms with Crippen LogP contribution in [0.5, 0.6) is 0 Å². The summed E-state index contributed by atoms with van der Waals surface area (Å²) in [6.07, 6.45) is 3.56. The quantitative estimate of drug-likeness (QED) is 0.305. The molecule has 0 aromatic heterocycles. The van der Waals surface area contributed by atoms with Crippen molar-refractivity contribution in [2.45, 2.75) is 32.2 Å². The Morgan fingerprint density at radius 1 is 1.60 bits per heavy atom. The number of hydrogen-bond acceptors (Lipinski definition) is 4. The van der Waals surface area contributed by atoms with Crippen molar-refractivity contribution in [3.63, 3.8) is 0 Å². The largest absolute Gasteiger partial charge is 0.409 e. The zero-order valence-electron chi connectivity index (χ0n) is 9.35. The molecule has 1 rings (SSSR count). The first kappa shape index (κ1) is 12.3. The number of nitrogens with two attached hydrogens (primary N) is 1. The standard InChI is InChI=1S/C10H21N3O2/c1-2-15-8-9-5-3-4-6-13(9)7-10(11)12-14/h9,14H,2-8H2,1H3,(H2,11,12)/t9-/m0/s1. The molecule has 0 saturated carbocycles. The lowest BCUT2D eigenvalue weighted by Crippen LogP contribution is -2.46. The number of hydrogen-bond donors (Lipinski definition) is 2. The SMILES string of the molecule is CCOC[C@@H]1CCCCN1CC(N)=NO. The summed E-state index contributed by atoms with van der Waals surface area (Å²) in [5.74, 6) is 0.276. The molecule has 5 nitrogen and oxygen atoms in total. The molecule has 0 unspecified atom stereocenters. The van der Waals surface area contributed by atoms with Crippen LogP contribution >= 0.6 is 0 Å². The van der Waals surface area contributed by atoms with Gasteiger partial charge in [0.05, 0.1) is 13.2 Å². The summed E-state index contributed by atoms with van der Waals surface area (Å²) < 4.78 is 5.43. The zero-order chi connectivity index (χ0) is 11.1. The number of nitrogens with zero attached hydrogens (tertiary/aromatic N) is 2. The third-order valence-corrected chi connectivity index (χ3v) is 2.76. The number of amidine groups is 1. The van der Waals surface area contributed by atoms with Crippen molar-refractivity contribution >= 4 is 5.84 Å². The van der Waals surface area contributed by atoms with Crippen LogP contribution in [-0.2, 0) is 4.74 Å². The summed E-state index contributed by atoms with van der Waals surface area (Å²) in [5, 5.41) is 11.5. The maximum absolute atomic E-state index is 8.53.